The van der Waals surface area contributed by atoms with Gasteiger partial charge in [-0.15, -0.1) is 11.3 Å². The lowest BCUT2D eigenvalue weighted by molar-refractivity contribution is -0.114. The van der Waals surface area contributed by atoms with Crippen LogP contribution in [0, 0.1) is 0 Å². The number of anilines is 2. The van der Waals surface area contributed by atoms with Gasteiger partial charge >= 0.3 is 0 Å². The number of nitrogens with zero attached hydrogens (tertiary/aromatic N) is 2. The van der Waals surface area contributed by atoms with Gasteiger partial charge in [-0.2, -0.15) is 0 Å². The lowest BCUT2D eigenvalue weighted by atomic mass is 9.97. The van der Waals surface area contributed by atoms with E-state index in [0.717, 1.165) is 41.5 Å². The first-order chi connectivity index (χ1) is 16.0. The van der Waals surface area contributed by atoms with Crippen LogP contribution in [0.25, 0.3) is 10.2 Å². The molecule has 0 saturated carbocycles. The zero-order valence-electron chi connectivity index (χ0n) is 18.6. The molecule has 3 aromatic rings. The van der Waals surface area contributed by atoms with E-state index in [1.165, 1.54) is 23.6 Å². The summed E-state index contributed by atoms with van der Waals surface area (Å²) in [5, 5.41) is 6.79. The summed E-state index contributed by atoms with van der Waals surface area (Å²) in [6.07, 6.45) is 4.16. The van der Waals surface area contributed by atoms with Crippen molar-refractivity contribution in [2.45, 2.75) is 44.3 Å². The Morgan fingerprint density at radius 2 is 1.85 bits per heavy atom. The second kappa shape index (κ2) is 10.5. The van der Waals surface area contributed by atoms with Gasteiger partial charge in [-0.05, 0) is 55.5 Å². The molecule has 4 rings (SSSR count). The Morgan fingerprint density at radius 3 is 2.55 bits per heavy atom. The maximum Gasteiger partial charge on any atom is 0.263 e. The molecule has 8 nitrogen and oxygen atoms in total. The fraction of sp³-hybridized carbons (Fsp3) is 0.391. The van der Waals surface area contributed by atoms with Crippen molar-refractivity contribution in [3.8, 4) is 0 Å². The second-order valence-corrected chi connectivity index (χ2v) is 9.86. The number of methoxy groups -OCH3 is 1. The normalized spacial score (nSPS) is 13.0. The van der Waals surface area contributed by atoms with Gasteiger partial charge in [0.2, 0.25) is 11.8 Å². The number of nitrogens with one attached hydrogen (secondary N) is 2. The van der Waals surface area contributed by atoms with Crippen LogP contribution in [0.4, 0.5) is 11.4 Å². The molecule has 0 saturated heterocycles. The minimum absolute atomic E-state index is 0.0482. The Bertz CT molecular complexity index is 1230. The van der Waals surface area contributed by atoms with Crippen molar-refractivity contribution >= 4 is 56.5 Å². The van der Waals surface area contributed by atoms with Crippen molar-refractivity contribution < 1.29 is 14.3 Å². The predicted octanol–water partition coefficient (Wildman–Crippen LogP) is 3.67. The summed E-state index contributed by atoms with van der Waals surface area (Å²) in [4.78, 5) is 43.8. The molecule has 0 radical (unpaired) electrons. The van der Waals surface area contributed by atoms with Crippen LogP contribution in [-0.4, -0.2) is 40.8 Å². The molecule has 1 aromatic carbocycles. The van der Waals surface area contributed by atoms with Crippen LogP contribution < -0.4 is 16.2 Å². The monoisotopic (exact) mass is 486 g/mol. The van der Waals surface area contributed by atoms with Crippen LogP contribution in [0.15, 0.2) is 34.2 Å². The molecule has 10 heteroatoms. The Morgan fingerprint density at radius 1 is 1.15 bits per heavy atom. The first-order valence-electron chi connectivity index (χ1n) is 10.8. The van der Waals surface area contributed by atoms with E-state index in [1.54, 1.807) is 47.3 Å². The highest BCUT2D eigenvalue weighted by Crippen LogP contribution is 2.34. The van der Waals surface area contributed by atoms with Gasteiger partial charge in [-0.1, -0.05) is 11.8 Å². The number of hydrogen-bond acceptors (Lipinski definition) is 7. The van der Waals surface area contributed by atoms with Crippen LogP contribution in [0.5, 0.6) is 0 Å². The van der Waals surface area contributed by atoms with Crippen molar-refractivity contribution in [3.05, 3.63) is 45.1 Å². The van der Waals surface area contributed by atoms with Crippen molar-refractivity contribution in [1.29, 1.82) is 0 Å². The number of benzene rings is 1. The van der Waals surface area contributed by atoms with Gasteiger partial charge in [0.25, 0.3) is 5.56 Å². The minimum Gasteiger partial charge on any atom is -0.383 e. The highest BCUT2D eigenvalue weighted by atomic mass is 32.2. The van der Waals surface area contributed by atoms with Gasteiger partial charge < -0.3 is 15.4 Å². The van der Waals surface area contributed by atoms with E-state index in [0.29, 0.717) is 29.7 Å². The third kappa shape index (κ3) is 5.45. The average molecular weight is 487 g/mol. The number of fused-ring (bicyclic) bond motifs is 3. The van der Waals surface area contributed by atoms with Crippen molar-refractivity contribution in [2.75, 3.05) is 30.1 Å². The largest absolute Gasteiger partial charge is 0.383 e. The van der Waals surface area contributed by atoms with Gasteiger partial charge in [0.15, 0.2) is 5.16 Å². The van der Waals surface area contributed by atoms with Gasteiger partial charge in [-0.25, -0.2) is 4.98 Å². The molecular formula is C23H26N4O4S2. The van der Waals surface area contributed by atoms with Crippen LogP contribution in [0.1, 0.15) is 30.2 Å². The van der Waals surface area contributed by atoms with Crippen LogP contribution in [0.3, 0.4) is 0 Å². The molecule has 0 fully saturated rings. The number of rotatable bonds is 8. The molecule has 2 N–H and O–H groups in total. The Balaban J connectivity index is 1.51. The summed E-state index contributed by atoms with van der Waals surface area (Å²) in [7, 11) is 1.60. The Labute approximate surface area is 199 Å². The number of ether oxygens (including phenoxy) is 1. The summed E-state index contributed by atoms with van der Waals surface area (Å²) < 4.78 is 6.83. The Kier molecular flexibility index (Phi) is 7.46. The van der Waals surface area contributed by atoms with Gasteiger partial charge in [0.1, 0.15) is 4.83 Å². The third-order valence-electron chi connectivity index (χ3n) is 5.38. The smallest absolute Gasteiger partial charge is 0.263 e. The molecule has 2 heterocycles. The molecular weight excluding hydrogens is 460 g/mol. The first kappa shape index (κ1) is 23.5. The van der Waals surface area contributed by atoms with Crippen LogP contribution in [0.2, 0.25) is 0 Å². The lowest BCUT2D eigenvalue weighted by Gasteiger charge is -2.13. The van der Waals surface area contributed by atoms with E-state index < -0.39 is 0 Å². The van der Waals surface area contributed by atoms with E-state index in [2.05, 4.69) is 10.6 Å². The van der Waals surface area contributed by atoms with Crippen molar-refractivity contribution in [2.24, 2.45) is 0 Å². The molecule has 0 spiro atoms. The fourth-order valence-corrected chi connectivity index (χ4v) is 6.00. The SMILES string of the molecule is COCCn1c(SCC(=O)Nc2ccc(NC(C)=O)cc2)nc2sc3c(c2c1=O)CCCC3. The number of carbonyl (C=O) groups excluding carboxylic acids is 2. The maximum absolute atomic E-state index is 13.4. The molecule has 0 atom stereocenters. The zero-order chi connectivity index (χ0) is 23.4. The quantitative estimate of drug-likeness (QED) is 0.372. The van der Waals surface area contributed by atoms with Gasteiger partial charge in [-0.3, -0.25) is 19.0 Å². The number of aromatic nitrogens is 2. The molecule has 33 heavy (non-hydrogen) atoms. The number of aryl methyl sites for hydroxylation is 2. The average Bonchev–Trinajstić information content (AvgIpc) is 3.17. The first-order valence-corrected chi connectivity index (χ1v) is 12.6. The standard InChI is InChI=1S/C23H26N4O4S2/c1-14(28)24-15-7-9-16(10-8-15)25-19(29)13-32-23-26-21-20(22(30)27(23)11-12-31-2)17-5-3-4-6-18(17)33-21/h7-10H,3-6,11-13H2,1-2H3,(H,24,28)(H,25,29). The van der Waals surface area contributed by atoms with E-state index in [1.807, 2.05) is 0 Å². The molecule has 0 aliphatic heterocycles. The fourth-order valence-electron chi connectivity index (χ4n) is 3.88. The number of amides is 2. The van der Waals surface area contributed by atoms with E-state index in [4.69, 9.17) is 9.72 Å². The van der Waals surface area contributed by atoms with Gasteiger partial charge in [0, 0.05) is 30.3 Å². The lowest BCUT2D eigenvalue weighted by Crippen LogP contribution is -2.26. The molecule has 2 amide bonds. The number of carbonyl (C=O) groups is 2. The molecule has 1 aliphatic rings. The van der Waals surface area contributed by atoms with Crippen molar-refractivity contribution in [3.63, 3.8) is 0 Å². The predicted molar refractivity (Wildman–Crippen MR) is 132 cm³/mol. The molecule has 1 aliphatic carbocycles. The number of hydrogen-bond donors (Lipinski definition) is 2. The maximum atomic E-state index is 13.4. The minimum atomic E-state index is -0.203. The second-order valence-electron chi connectivity index (χ2n) is 7.83. The molecule has 0 bridgehead atoms. The van der Waals surface area contributed by atoms with Crippen LogP contribution in [-0.2, 0) is 33.7 Å². The molecule has 174 valence electrons. The highest BCUT2D eigenvalue weighted by molar-refractivity contribution is 7.99. The molecule has 0 unspecified atom stereocenters. The molecule has 2 aromatic heterocycles. The third-order valence-corrected chi connectivity index (χ3v) is 7.54. The summed E-state index contributed by atoms with van der Waals surface area (Å²) >= 11 is 2.85. The Hall–Kier alpha value is -2.69. The summed E-state index contributed by atoms with van der Waals surface area (Å²) in [5.74, 6) is -0.243. The zero-order valence-corrected chi connectivity index (χ0v) is 20.2. The topological polar surface area (TPSA) is 102 Å². The summed E-state index contributed by atoms with van der Waals surface area (Å²) in [6.45, 7) is 2.22. The van der Waals surface area contributed by atoms with Crippen molar-refractivity contribution in [1.82, 2.24) is 9.55 Å². The summed E-state index contributed by atoms with van der Waals surface area (Å²) in [5.41, 5.74) is 2.39. The number of thiophene rings is 1. The van der Waals surface area contributed by atoms with E-state index in [9.17, 15) is 14.4 Å². The highest BCUT2D eigenvalue weighted by Gasteiger charge is 2.22. The van der Waals surface area contributed by atoms with E-state index in [-0.39, 0.29) is 23.1 Å². The van der Waals surface area contributed by atoms with E-state index >= 15 is 0 Å². The number of thioether (sulfide) groups is 1. The van der Waals surface area contributed by atoms with Gasteiger partial charge in [0.05, 0.1) is 24.3 Å². The summed E-state index contributed by atoms with van der Waals surface area (Å²) in [6, 6.07) is 6.90. The van der Waals surface area contributed by atoms with Crippen LogP contribution >= 0.6 is 23.1 Å².